The van der Waals surface area contributed by atoms with Gasteiger partial charge < -0.3 is 10.0 Å². The zero-order valence-electron chi connectivity index (χ0n) is 10.4. The molecule has 17 heavy (non-hydrogen) atoms. The van der Waals surface area contributed by atoms with E-state index in [0.29, 0.717) is 6.42 Å². The molecule has 0 radical (unpaired) electrons. The second-order valence-corrected chi connectivity index (χ2v) is 5.99. The molecule has 94 valence electrons. The topological polar surface area (TPSA) is 23.5 Å². The second kappa shape index (κ2) is 8.60. The van der Waals surface area contributed by atoms with Crippen molar-refractivity contribution in [1.29, 1.82) is 0 Å². The first-order chi connectivity index (χ1) is 8.24. The van der Waals surface area contributed by atoms with Crippen LogP contribution < -0.4 is 0 Å². The lowest BCUT2D eigenvalue weighted by Gasteiger charge is -2.08. The Morgan fingerprint density at radius 1 is 1.47 bits per heavy atom. The first-order valence-corrected chi connectivity index (χ1v) is 7.66. The molecule has 0 aromatic carbocycles. The van der Waals surface area contributed by atoms with Gasteiger partial charge in [-0.1, -0.05) is 11.8 Å². The van der Waals surface area contributed by atoms with E-state index in [1.54, 1.807) is 11.3 Å². The summed E-state index contributed by atoms with van der Waals surface area (Å²) in [7, 11) is 4.19. The Morgan fingerprint density at radius 2 is 2.29 bits per heavy atom. The number of thiophene rings is 1. The van der Waals surface area contributed by atoms with Crippen LogP contribution >= 0.6 is 23.1 Å². The van der Waals surface area contributed by atoms with Crippen molar-refractivity contribution in [3.8, 4) is 11.8 Å². The molecule has 2 nitrogen and oxygen atoms in total. The summed E-state index contributed by atoms with van der Waals surface area (Å²) >= 11 is 3.71. The van der Waals surface area contributed by atoms with Crippen molar-refractivity contribution in [3.05, 3.63) is 21.9 Å². The average molecular weight is 269 g/mol. The van der Waals surface area contributed by atoms with Crippen molar-refractivity contribution in [2.24, 2.45) is 0 Å². The molecule has 0 unspecified atom stereocenters. The van der Waals surface area contributed by atoms with Gasteiger partial charge in [0.1, 0.15) is 0 Å². The standard InChI is InChI=1S/C13H19NOS2/c1-14(2)7-10-16-11-13-12(6-9-17-13)5-3-4-8-15/h6,9,15H,4,7-8,10-11H2,1-2H3. The van der Waals surface area contributed by atoms with E-state index in [1.165, 1.54) is 4.88 Å². The number of thioether (sulfide) groups is 1. The Labute approximate surface area is 112 Å². The van der Waals surface area contributed by atoms with Crippen molar-refractivity contribution in [3.63, 3.8) is 0 Å². The van der Waals surface area contributed by atoms with Gasteiger partial charge in [0.2, 0.25) is 0 Å². The Balaban J connectivity index is 2.39. The Morgan fingerprint density at radius 3 is 3.00 bits per heavy atom. The third-order valence-corrected chi connectivity index (χ3v) is 4.19. The summed E-state index contributed by atoms with van der Waals surface area (Å²) in [5.41, 5.74) is 1.13. The van der Waals surface area contributed by atoms with E-state index < -0.39 is 0 Å². The summed E-state index contributed by atoms with van der Waals surface area (Å²) in [5, 5.41) is 10.8. The van der Waals surface area contributed by atoms with Crippen molar-refractivity contribution in [1.82, 2.24) is 4.90 Å². The molecule has 1 aromatic rings. The predicted molar refractivity (Wildman–Crippen MR) is 77.6 cm³/mol. The molecule has 0 aliphatic carbocycles. The van der Waals surface area contributed by atoms with Gasteiger partial charge >= 0.3 is 0 Å². The van der Waals surface area contributed by atoms with Crippen LogP contribution in [0.2, 0.25) is 0 Å². The van der Waals surface area contributed by atoms with Crippen LogP contribution in [0.25, 0.3) is 0 Å². The van der Waals surface area contributed by atoms with Crippen LogP contribution in [0, 0.1) is 11.8 Å². The maximum Gasteiger partial charge on any atom is 0.0540 e. The molecule has 1 N–H and O–H groups in total. The summed E-state index contributed by atoms with van der Waals surface area (Å²) in [6.07, 6.45) is 0.559. The lowest BCUT2D eigenvalue weighted by molar-refractivity contribution is 0.305. The molecular weight excluding hydrogens is 250 g/mol. The normalized spacial score (nSPS) is 10.4. The predicted octanol–water partition coefficient (Wildman–Crippen LogP) is 2.28. The average Bonchev–Trinajstić information content (AvgIpc) is 2.72. The van der Waals surface area contributed by atoms with Gasteiger partial charge in [0.05, 0.1) is 6.61 Å². The summed E-state index contributed by atoms with van der Waals surface area (Å²) in [5.74, 6) is 8.28. The van der Waals surface area contributed by atoms with Gasteiger partial charge in [0.15, 0.2) is 0 Å². The summed E-state index contributed by atoms with van der Waals surface area (Å²) in [4.78, 5) is 3.54. The fourth-order valence-corrected chi connectivity index (χ4v) is 3.31. The first-order valence-electron chi connectivity index (χ1n) is 5.62. The van der Waals surface area contributed by atoms with Crippen LogP contribution in [0.5, 0.6) is 0 Å². The molecule has 1 rings (SSSR count). The van der Waals surface area contributed by atoms with E-state index in [-0.39, 0.29) is 6.61 Å². The van der Waals surface area contributed by atoms with Crippen LogP contribution in [0.3, 0.4) is 0 Å². The number of hydrogen-bond donors (Lipinski definition) is 1. The van der Waals surface area contributed by atoms with Gasteiger partial charge in [-0.05, 0) is 25.5 Å². The molecule has 0 bridgehead atoms. The minimum Gasteiger partial charge on any atom is -0.395 e. The van der Waals surface area contributed by atoms with Crippen molar-refractivity contribution >= 4 is 23.1 Å². The zero-order valence-corrected chi connectivity index (χ0v) is 12.0. The fraction of sp³-hybridized carbons (Fsp3) is 0.538. The van der Waals surface area contributed by atoms with Crippen LogP contribution in [0.15, 0.2) is 11.4 Å². The van der Waals surface area contributed by atoms with Gasteiger partial charge in [-0.2, -0.15) is 11.8 Å². The van der Waals surface area contributed by atoms with E-state index in [2.05, 4.69) is 42.3 Å². The van der Waals surface area contributed by atoms with Gasteiger partial charge in [-0.3, -0.25) is 0 Å². The van der Waals surface area contributed by atoms with Gasteiger partial charge in [-0.15, -0.1) is 11.3 Å². The largest absolute Gasteiger partial charge is 0.395 e. The molecule has 0 aliphatic heterocycles. The quantitative estimate of drug-likeness (QED) is 0.633. The lowest BCUT2D eigenvalue weighted by Crippen LogP contribution is -2.14. The summed E-state index contributed by atoms with van der Waals surface area (Å²) < 4.78 is 0. The maximum atomic E-state index is 8.68. The van der Waals surface area contributed by atoms with Crippen molar-refractivity contribution < 1.29 is 5.11 Å². The summed E-state index contributed by atoms with van der Waals surface area (Å²) in [6.45, 7) is 1.26. The number of aliphatic hydroxyl groups excluding tert-OH is 1. The smallest absolute Gasteiger partial charge is 0.0540 e. The molecule has 0 atom stereocenters. The highest BCUT2D eigenvalue weighted by Crippen LogP contribution is 2.21. The van der Waals surface area contributed by atoms with Crippen molar-refractivity contribution in [2.75, 3.05) is 33.0 Å². The van der Waals surface area contributed by atoms with Crippen LogP contribution in [0.1, 0.15) is 16.9 Å². The third kappa shape index (κ3) is 6.13. The molecule has 0 saturated heterocycles. The molecule has 1 heterocycles. The fourth-order valence-electron chi connectivity index (χ4n) is 1.19. The minimum atomic E-state index is 0.143. The molecule has 0 spiro atoms. The number of rotatable bonds is 6. The highest BCUT2D eigenvalue weighted by molar-refractivity contribution is 7.98. The number of hydrogen-bond acceptors (Lipinski definition) is 4. The number of aliphatic hydroxyl groups is 1. The molecule has 0 aliphatic rings. The molecule has 1 aromatic heterocycles. The Hall–Kier alpha value is -0.470. The summed E-state index contributed by atoms with van der Waals surface area (Å²) in [6, 6.07) is 2.07. The molecule has 0 fully saturated rings. The van der Waals surface area contributed by atoms with E-state index in [4.69, 9.17) is 5.11 Å². The molecule has 4 heteroatoms. The van der Waals surface area contributed by atoms with E-state index in [1.807, 2.05) is 11.8 Å². The highest BCUT2D eigenvalue weighted by atomic mass is 32.2. The second-order valence-electron chi connectivity index (χ2n) is 3.89. The highest BCUT2D eigenvalue weighted by Gasteiger charge is 2.02. The van der Waals surface area contributed by atoms with E-state index >= 15 is 0 Å². The van der Waals surface area contributed by atoms with Crippen molar-refractivity contribution in [2.45, 2.75) is 12.2 Å². The molecular formula is C13H19NOS2. The zero-order chi connectivity index (χ0) is 12.5. The van der Waals surface area contributed by atoms with Gasteiger partial charge in [-0.25, -0.2) is 0 Å². The van der Waals surface area contributed by atoms with E-state index in [9.17, 15) is 0 Å². The van der Waals surface area contributed by atoms with Crippen LogP contribution in [-0.4, -0.2) is 43.0 Å². The van der Waals surface area contributed by atoms with Crippen LogP contribution in [0.4, 0.5) is 0 Å². The SMILES string of the molecule is CN(C)CCSCc1sccc1C#CCCO. The Bertz CT molecular complexity index is 376. The Kier molecular flexibility index (Phi) is 7.38. The monoisotopic (exact) mass is 269 g/mol. The third-order valence-electron chi connectivity index (χ3n) is 2.12. The maximum absolute atomic E-state index is 8.68. The first kappa shape index (κ1) is 14.6. The lowest BCUT2D eigenvalue weighted by atomic mass is 10.2. The molecule has 0 saturated carbocycles. The molecule has 0 amide bonds. The van der Waals surface area contributed by atoms with E-state index in [0.717, 1.165) is 23.6 Å². The minimum absolute atomic E-state index is 0.143. The van der Waals surface area contributed by atoms with Crippen LogP contribution in [-0.2, 0) is 5.75 Å². The number of nitrogens with zero attached hydrogens (tertiary/aromatic N) is 1. The van der Waals surface area contributed by atoms with Gasteiger partial charge in [0, 0.05) is 34.9 Å². The van der Waals surface area contributed by atoms with Gasteiger partial charge in [0.25, 0.3) is 0 Å².